The molecule has 0 aromatic heterocycles. The number of ether oxygens (including phenoxy) is 2. The fourth-order valence-electron chi connectivity index (χ4n) is 2.36. The summed E-state index contributed by atoms with van der Waals surface area (Å²) in [6, 6.07) is 12.2. The molecule has 0 aliphatic rings. The molecule has 0 saturated heterocycles. The Balaban J connectivity index is 2.01. The van der Waals surface area contributed by atoms with E-state index in [0.717, 1.165) is 11.3 Å². The van der Waals surface area contributed by atoms with E-state index in [1.54, 1.807) is 6.07 Å². The number of halogens is 1. The van der Waals surface area contributed by atoms with Crippen molar-refractivity contribution < 1.29 is 17.9 Å². The molecule has 136 valence electrons. The second kappa shape index (κ2) is 8.56. The molecule has 0 bridgehead atoms. The molecule has 2 aromatic carbocycles. The van der Waals surface area contributed by atoms with Crippen LogP contribution in [0.5, 0.6) is 11.5 Å². The molecule has 0 atom stereocenters. The van der Waals surface area contributed by atoms with Crippen LogP contribution in [-0.4, -0.2) is 28.7 Å². The standard InChI is InChI=1S/C18H22ClNO4S/c1-13(2)15-6-4-5-7-16(15)24-11-10-20-25(21,22)18-12-14(19)8-9-17(18)23-3/h4-9,12-13,20H,10-11H2,1-3H3. The maximum Gasteiger partial charge on any atom is 0.244 e. The first-order valence-corrected chi connectivity index (χ1v) is 9.76. The van der Waals surface area contributed by atoms with Gasteiger partial charge in [-0.2, -0.15) is 0 Å². The van der Waals surface area contributed by atoms with Gasteiger partial charge < -0.3 is 9.47 Å². The number of hydrogen-bond acceptors (Lipinski definition) is 4. The molecule has 25 heavy (non-hydrogen) atoms. The lowest BCUT2D eigenvalue weighted by atomic mass is 10.0. The number of para-hydroxylation sites is 1. The molecule has 0 saturated carbocycles. The smallest absolute Gasteiger partial charge is 0.244 e. The SMILES string of the molecule is COc1ccc(Cl)cc1S(=O)(=O)NCCOc1ccccc1C(C)C. The number of rotatable bonds is 8. The first-order valence-electron chi connectivity index (χ1n) is 7.90. The molecule has 0 amide bonds. The van der Waals surface area contributed by atoms with Gasteiger partial charge in [-0.1, -0.05) is 43.6 Å². The zero-order valence-electron chi connectivity index (χ0n) is 14.5. The monoisotopic (exact) mass is 383 g/mol. The van der Waals surface area contributed by atoms with E-state index in [0.29, 0.717) is 10.9 Å². The van der Waals surface area contributed by atoms with Crippen molar-refractivity contribution in [2.75, 3.05) is 20.3 Å². The third-order valence-corrected chi connectivity index (χ3v) is 5.33. The van der Waals surface area contributed by atoms with E-state index in [-0.39, 0.29) is 23.8 Å². The molecule has 0 radical (unpaired) electrons. The van der Waals surface area contributed by atoms with Gasteiger partial charge in [-0.05, 0) is 35.7 Å². The van der Waals surface area contributed by atoms with Crippen LogP contribution in [0.4, 0.5) is 0 Å². The molecular formula is C18H22ClNO4S. The van der Waals surface area contributed by atoms with Gasteiger partial charge in [-0.25, -0.2) is 13.1 Å². The predicted molar refractivity (Wildman–Crippen MR) is 99.2 cm³/mol. The van der Waals surface area contributed by atoms with E-state index in [1.165, 1.54) is 19.2 Å². The summed E-state index contributed by atoms with van der Waals surface area (Å²) in [6.07, 6.45) is 0. The van der Waals surface area contributed by atoms with Gasteiger partial charge >= 0.3 is 0 Å². The van der Waals surface area contributed by atoms with Gasteiger partial charge in [-0.15, -0.1) is 0 Å². The normalized spacial score (nSPS) is 11.6. The minimum atomic E-state index is -3.75. The molecule has 0 fully saturated rings. The molecule has 0 aliphatic carbocycles. The number of sulfonamides is 1. The van der Waals surface area contributed by atoms with E-state index >= 15 is 0 Å². The average Bonchev–Trinajstić information content (AvgIpc) is 2.59. The summed E-state index contributed by atoms with van der Waals surface area (Å²) in [5, 5.41) is 0.322. The highest BCUT2D eigenvalue weighted by atomic mass is 35.5. The third kappa shape index (κ3) is 5.11. The zero-order valence-corrected chi connectivity index (χ0v) is 16.0. The van der Waals surface area contributed by atoms with Gasteiger partial charge in [0.1, 0.15) is 23.0 Å². The van der Waals surface area contributed by atoms with Crippen molar-refractivity contribution in [2.24, 2.45) is 0 Å². The molecule has 7 heteroatoms. The van der Waals surface area contributed by atoms with Gasteiger partial charge in [0.05, 0.1) is 7.11 Å². The van der Waals surface area contributed by atoms with Crippen LogP contribution in [0.25, 0.3) is 0 Å². The van der Waals surface area contributed by atoms with Crippen LogP contribution < -0.4 is 14.2 Å². The Morgan fingerprint density at radius 2 is 1.84 bits per heavy atom. The minimum Gasteiger partial charge on any atom is -0.495 e. The molecule has 0 unspecified atom stereocenters. The van der Waals surface area contributed by atoms with Crippen LogP contribution in [0.1, 0.15) is 25.3 Å². The van der Waals surface area contributed by atoms with E-state index < -0.39 is 10.0 Å². The Hall–Kier alpha value is -1.76. The van der Waals surface area contributed by atoms with Gasteiger partial charge in [0.15, 0.2) is 0 Å². The molecule has 5 nitrogen and oxygen atoms in total. The van der Waals surface area contributed by atoms with Crippen molar-refractivity contribution in [1.82, 2.24) is 4.72 Å². The van der Waals surface area contributed by atoms with Gasteiger partial charge in [0.2, 0.25) is 10.0 Å². The van der Waals surface area contributed by atoms with Gasteiger partial charge in [-0.3, -0.25) is 0 Å². The Morgan fingerprint density at radius 3 is 2.52 bits per heavy atom. The summed E-state index contributed by atoms with van der Waals surface area (Å²) in [5.74, 6) is 1.32. The first kappa shape index (κ1) is 19.6. The Morgan fingerprint density at radius 1 is 1.12 bits per heavy atom. The van der Waals surface area contributed by atoms with Gasteiger partial charge in [0.25, 0.3) is 0 Å². The van der Waals surface area contributed by atoms with Crippen LogP contribution in [0, 0.1) is 0 Å². The number of hydrogen-bond donors (Lipinski definition) is 1. The second-order valence-corrected chi connectivity index (χ2v) is 7.91. The van der Waals surface area contributed by atoms with Crippen molar-refractivity contribution in [1.29, 1.82) is 0 Å². The lowest BCUT2D eigenvalue weighted by Gasteiger charge is -2.14. The molecular weight excluding hydrogens is 362 g/mol. The van der Waals surface area contributed by atoms with Crippen molar-refractivity contribution in [3.8, 4) is 11.5 Å². The van der Waals surface area contributed by atoms with Crippen molar-refractivity contribution >= 4 is 21.6 Å². The fraction of sp³-hybridized carbons (Fsp3) is 0.333. The summed E-state index contributed by atoms with van der Waals surface area (Å²) in [7, 11) is -2.33. The first-order chi connectivity index (χ1) is 11.8. The highest BCUT2D eigenvalue weighted by Crippen LogP contribution is 2.27. The molecule has 0 aliphatic heterocycles. The Bertz CT molecular complexity index is 822. The van der Waals surface area contributed by atoms with E-state index in [1.807, 2.05) is 24.3 Å². The average molecular weight is 384 g/mol. The summed E-state index contributed by atoms with van der Waals surface area (Å²) in [4.78, 5) is 0.00470. The van der Waals surface area contributed by atoms with E-state index in [2.05, 4.69) is 18.6 Å². The van der Waals surface area contributed by atoms with Crippen molar-refractivity contribution in [2.45, 2.75) is 24.7 Å². The Labute approximate surface area is 154 Å². The molecule has 2 rings (SSSR count). The van der Waals surface area contributed by atoms with Crippen LogP contribution >= 0.6 is 11.6 Å². The molecule has 2 aromatic rings. The molecule has 0 heterocycles. The van der Waals surface area contributed by atoms with Gasteiger partial charge in [0, 0.05) is 11.6 Å². The summed E-state index contributed by atoms with van der Waals surface area (Å²) >= 11 is 5.90. The maximum atomic E-state index is 12.4. The van der Waals surface area contributed by atoms with E-state index in [9.17, 15) is 8.42 Å². The lowest BCUT2D eigenvalue weighted by Crippen LogP contribution is -2.28. The summed E-state index contributed by atoms with van der Waals surface area (Å²) in [5.41, 5.74) is 1.09. The van der Waals surface area contributed by atoms with Crippen molar-refractivity contribution in [3.05, 3.63) is 53.1 Å². The quantitative estimate of drug-likeness (QED) is 0.703. The molecule has 1 N–H and O–H groups in total. The topological polar surface area (TPSA) is 64.6 Å². The number of benzene rings is 2. The molecule has 0 spiro atoms. The minimum absolute atomic E-state index is 0.00470. The predicted octanol–water partition coefficient (Wildman–Crippen LogP) is 3.83. The Kier molecular flexibility index (Phi) is 6.70. The van der Waals surface area contributed by atoms with Crippen LogP contribution in [0.3, 0.4) is 0 Å². The summed E-state index contributed by atoms with van der Waals surface area (Å²) < 4.78 is 38.2. The van der Waals surface area contributed by atoms with Crippen LogP contribution in [-0.2, 0) is 10.0 Å². The zero-order chi connectivity index (χ0) is 18.4. The highest BCUT2D eigenvalue weighted by Gasteiger charge is 2.19. The fourth-order valence-corrected chi connectivity index (χ4v) is 3.81. The lowest BCUT2D eigenvalue weighted by molar-refractivity contribution is 0.318. The van der Waals surface area contributed by atoms with Crippen LogP contribution in [0.15, 0.2) is 47.4 Å². The van der Waals surface area contributed by atoms with Crippen molar-refractivity contribution in [3.63, 3.8) is 0 Å². The van der Waals surface area contributed by atoms with Crippen LogP contribution in [0.2, 0.25) is 5.02 Å². The van der Waals surface area contributed by atoms with E-state index in [4.69, 9.17) is 21.1 Å². The number of methoxy groups -OCH3 is 1. The summed E-state index contributed by atoms with van der Waals surface area (Å²) in [6.45, 7) is 4.50. The largest absolute Gasteiger partial charge is 0.495 e. The third-order valence-electron chi connectivity index (χ3n) is 3.61. The second-order valence-electron chi connectivity index (χ2n) is 5.73. The highest BCUT2D eigenvalue weighted by molar-refractivity contribution is 7.89. The maximum absolute atomic E-state index is 12.4. The number of nitrogens with one attached hydrogen (secondary N) is 1.